The molecule has 0 bridgehead atoms. The quantitative estimate of drug-likeness (QED) is 0.838. The van der Waals surface area contributed by atoms with E-state index in [1.165, 1.54) is 16.7 Å². The molecule has 0 saturated heterocycles. The Morgan fingerprint density at radius 2 is 2.05 bits per heavy atom. The SMILES string of the molecule is Cc1cc(C)c(C)c(OCCc2nc(CS)cs2)c1. The number of nitrogens with zero attached hydrogens (tertiary/aromatic N) is 1. The van der Waals surface area contributed by atoms with Crippen molar-refractivity contribution in [1.29, 1.82) is 0 Å². The molecule has 0 radical (unpaired) electrons. The molecular weight excluding hydrogens is 274 g/mol. The first-order chi connectivity index (χ1) is 9.10. The van der Waals surface area contributed by atoms with Gasteiger partial charge in [0.1, 0.15) is 5.75 Å². The standard InChI is InChI=1S/C15H19NOS2/c1-10-6-11(2)12(3)14(7-10)17-5-4-15-16-13(8-18)9-19-15/h6-7,9,18H,4-5,8H2,1-3H3. The van der Waals surface area contributed by atoms with Crippen LogP contribution in [0.25, 0.3) is 0 Å². The van der Waals surface area contributed by atoms with Crippen molar-refractivity contribution in [3.05, 3.63) is 44.9 Å². The molecule has 1 heterocycles. The zero-order valence-electron chi connectivity index (χ0n) is 11.6. The summed E-state index contributed by atoms with van der Waals surface area (Å²) < 4.78 is 5.89. The van der Waals surface area contributed by atoms with Crippen LogP contribution >= 0.6 is 24.0 Å². The average molecular weight is 293 g/mol. The first kappa shape index (κ1) is 14.4. The maximum Gasteiger partial charge on any atom is 0.122 e. The summed E-state index contributed by atoms with van der Waals surface area (Å²) in [5, 5.41) is 3.18. The van der Waals surface area contributed by atoms with Crippen molar-refractivity contribution in [2.75, 3.05) is 6.61 Å². The second-order valence-electron chi connectivity index (χ2n) is 4.69. The second kappa shape index (κ2) is 6.44. The van der Waals surface area contributed by atoms with Crippen molar-refractivity contribution >= 4 is 24.0 Å². The number of thiol groups is 1. The molecule has 0 aliphatic carbocycles. The molecule has 19 heavy (non-hydrogen) atoms. The number of aryl methyl sites for hydroxylation is 2. The van der Waals surface area contributed by atoms with Crippen molar-refractivity contribution < 1.29 is 4.74 Å². The minimum absolute atomic E-state index is 0.670. The Labute approximate surface area is 124 Å². The minimum Gasteiger partial charge on any atom is -0.493 e. The lowest BCUT2D eigenvalue weighted by molar-refractivity contribution is 0.319. The number of rotatable bonds is 5. The number of ether oxygens (including phenoxy) is 1. The van der Waals surface area contributed by atoms with Gasteiger partial charge in [-0.2, -0.15) is 12.6 Å². The van der Waals surface area contributed by atoms with E-state index < -0.39 is 0 Å². The van der Waals surface area contributed by atoms with Gasteiger partial charge in [-0.3, -0.25) is 0 Å². The Kier molecular flexibility index (Phi) is 4.88. The third-order valence-electron chi connectivity index (χ3n) is 3.10. The number of aromatic nitrogens is 1. The summed E-state index contributed by atoms with van der Waals surface area (Å²) in [5.74, 6) is 1.69. The molecule has 0 unspecified atom stereocenters. The summed E-state index contributed by atoms with van der Waals surface area (Å²) >= 11 is 5.90. The van der Waals surface area contributed by atoms with E-state index in [1.54, 1.807) is 11.3 Å². The van der Waals surface area contributed by atoms with E-state index >= 15 is 0 Å². The number of benzene rings is 1. The van der Waals surface area contributed by atoms with Crippen LogP contribution in [-0.4, -0.2) is 11.6 Å². The molecule has 0 fully saturated rings. The first-order valence-corrected chi connectivity index (χ1v) is 7.86. The van der Waals surface area contributed by atoms with Gasteiger partial charge in [-0.1, -0.05) is 6.07 Å². The highest BCUT2D eigenvalue weighted by Crippen LogP contribution is 2.23. The average Bonchev–Trinajstić information content (AvgIpc) is 2.83. The first-order valence-electron chi connectivity index (χ1n) is 6.35. The van der Waals surface area contributed by atoms with Gasteiger partial charge in [0.15, 0.2) is 0 Å². The summed E-state index contributed by atoms with van der Waals surface area (Å²) in [7, 11) is 0. The smallest absolute Gasteiger partial charge is 0.122 e. The van der Waals surface area contributed by atoms with E-state index in [2.05, 4.69) is 55.9 Å². The summed E-state index contributed by atoms with van der Waals surface area (Å²) in [4.78, 5) is 4.48. The van der Waals surface area contributed by atoms with Crippen LogP contribution in [0.3, 0.4) is 0 Å². The number of hydrogen-bond donors (Lipinski definition) is 1. The third-order valence-corrected chi connectivity index (χ3v) is 4.38. The van der Waals surface area contributed by atoms with Gasteiger partial charge in [-0.15, -0.1) is 11.3 Å². The fourth-order valence-electron chi connectivity index (χ4n) is 1.94. The van der Waals surface area contributed by atoms with Gasteiger partial charge in [-0.25, -0.2) is 4.98 Å². The van der Waals surface area contributed by atoms with E-state index in [0.717, 1.165) is 22.9 Å². The molecule has 2 aromatic rings. The van der Waals surface area contributed by atoms with E-state index in [1.807, 2.05) is 0 Å². The van der Waals surface area contributed by atoms with E-state index in [0.29, 0.717) is 12.4 Å². The Morgan fingerprint density at radius 3 is 2.74 bits per heavy atom. The highest BCUT2D eigenvalue weighted by Gasteiger charge is 2.05. The predicted octanol–water partition coefficient (Wildman–Crippen LogP) is 4.12. The highest BCUT2D eigenvalue weighted by atomic mass is 32.1. The topological polar surface area (TPSA) is 22.1 Å². The van der Waals surface area contributed by atoms with Gasteiger partial charge in [-0.05, 0) is 43.5 Å². The van der Waals surface area contributed by atoms with Crippen LogP contribution in [0.2, 0.25) is 0 Å². The highest BCUT2D eigenvalue weighted by molar-refractivity contribution is 7.79. The van der Waals surface area contributed by atoms with Crippen LogP contribution in [0.15, 0.2) is 17.5 Å². The Bertz CT molecular complexity index is 563. The lowest BCUT2D eigenvalue weighted by atomic mass is 10.1. The Balaban J connectivity index is 1.95. The second-order valence-corrected chi connectivity index (χ2v) is 5.95. The number of hydrogen-bond acceptors (Lipinski definition) is 4. The molecule has 0 amide bonds. The largest absolute Gasteiger partial charge is 0.493 e. The van der Waals surface area contributed by atoms with Gasteiger partial charge in [0.05, 0.1) is 17.3 Å². The molecule has 4 heteroatoms. The van der Waals surface area contributed by atoms with Crippen molar-refractivity contribution in [1.82, 2.24) is 4.98 Å². The summed E-state index contributed by atoms with van der Waals surface area (Å²) in [5.41, 5.74) is 4.79. The van der Waals surface area contributed by atoms with E-state index in [4.69, 9.17) is 4.74 Å². The molecule has 1 aromatic heterocycles. The molecule has 0 spiro atoms. The van der Waals surface area contributed by atoms with Crippen LogP contribution in [0, 0.1) is 20.8 Å². The third kappa shape index (κ3) is 3.74. The molecule has 2 nitrogen and oxygen atoms in total. The molecule has 102 valence electrons. The van der Waals surface area contributed by atoms with Crippen LogP contribution in [0.1, 0.15) is 27.4 Å². The molecule has 2 rings (SSSR count). The molecule has 0 saturated carbocycles. The molecule has 1 aromatic carbocycles. The van der Waals surface area contributed by atoms with E-state index in [9.17, 15) is 0 Å². The molecule has 0 N–H and O–H groups in total. The van der Waals surface area contributed by atoms with Gasteiger partial charge >= 0.3 is 0 Å². The molecule has 0 aliphatic heterocycles. The minimum atomic E-state index is 0.670. The maximum atomic E-state index is 5.89. The molecule has 0 aliphatic rings. The monoisotopic (exact) mass is 293 g/mol. The van der Waals surface area contributed by atoms with Gasteiger partial charge in [0.2, 0.25) is 0 Å². The summed E-state index contributed by atoms with van der Waals surface area (Å²) in [6.07, 6.45) is 0.852. The van der Waals surface area contributed by atoms with Crippen LogP contribution in [0.4, 0.5) is 0 Å². The van der Waals surface area contributed by atoms with Crippen LogP contribution in [0.5, 0.6) is 5.75 Å². The van der Waals surface area contributed by atoms with Crippen molar-refractivity contribution in [3.63, 3.8) is 0 Å². The van der Waals surface area contributed by atoms with Crippen molar-refractivity contribution in [2.24, 2.45) is 0 Å². The van der Waals surface area contributed by atoms with Gasteiger partial charge in [0, 0.05) is 17.6 Å². The van der Waals surface area contributed by atoms with Crippen LogP contribution < -0.4 is 4.74 Å². The Hall–Kier alpha value is -1.00. The van der Waals surface area contributed by atoms with Gasteiger partial charge in [0.25, 0.3) is 0 Å². The normalized spacial score (nSPS) is 10.7. The van der Waals surface area contributed by atoms with Crippen molar-refractivity contribution in [3.8, 4) is 5.75 Å². The molecular formula is C15H19NOS2. The Morgan fingerprint density at radius 1 is 1.26 bits per heavy atom. The fraction of sp³-hybridized carbons (Fsp3) is 0.400. The fourth-order valence-corrected chi connectivity index (χ4v) is 3.00. The summed E-state index contributed by atoms with van der Waals surface area (Å²) in [6.45, 7) is 6.99. The van der Waals surface area contributed by atoms with Crippen molar-refractivity contribution in [2.45, 2.75) is 32.9 Å². The lowest BCUT2D eigenvalue weighted by Crippen LogP contribution is -2.03. The zero-order chi connectivity index (χ0) is 13.8. The molecule has 0 atom stereocenters. The van der Waals surface area contributed by atoms with Gasteiger partial charge < -0.3 is 4.74 Å². The van der Waals surface area contributed by atoms with E-state index in [-0.39, 0.29) is 0 Å². The lowest BCUT2D eigenvalue weighted by Gasteiger charge is -2.11. The predicted molar refractivity (Wildman–Crippen MR) is 84.7 cm³/mol. The maximum absolute atomic E-state index is 5.89. The number of thiazole rings is 1. The zero-order valence-corrected chi connectivity index (χ0v) is 13.3. The van der Waals surface area contributed by atoms with Crippen LogP contribution in [-0.2, 0) is 12.2 Å². The summed E-state index contributed by atoms with van der Waals surface area (Å²) in [6, 6.07) is 4.28.